The third-order valence-electron chi connectivity index (χ3n) is 5.30. The molecule has 0 atom stereocenters. The number of piperidine rings is 1. The molecular weight excluding hydrogens is 330 g/mol. The molecule has 1 aliphatic heterocycles. The first-order valence-corrected chi connectivity index (χ1v) is 8.69. The average molecular weight is 354 g/mol. The zero-order valence-electron chi connectivity index (χ0n) is 12.7. The summed E-state index contributed by atoms with van der Waals surface area (Å²) in [6.45, 7) is 3.33. The Morgan fingerprint density at radius 3 is 2.48 bits per heavy atom. The number of benzene rings is 1. The van der Waals surface area contributed by atoms with Gasteiger partial charge in [-0.1, -0.05) is 12.8 Å². The fourth-order valence-electron chi connectivity index (χ4n) is 3.94. The molecule has 1 heterocycles. The van der Waals surface area contributed by atoms with Crippen LogP contribution in [0.4, 0.5) is 0 Å². The Hall–Kier alpha value is -0.740. The maximum Gasteiger partial charge on any atom is 0.172 e. The van der Waals surface area contributed by atoms with Gasteiger partial charge in [0.25, 0.3) is 0 Å². The molecule has 0 radical (unpaired) electrons. The number of methoxy groups -OCH3 is 1. The van der Waals surface area contributed by atoms with Crippen molar-refractivity contribution in [2.75, 3.05) is 20.2 Å². The second-order valence-corrected chi connectivity index (χ2v) is 7.47. The molecule has 1 aromatic carbocycles. The highest BCUT2D eigenvalue weighted by Crippen LogP contribution is 2.46. The van der Waals surface area contributed by atoms with Crippen LogP contribution in [0.5, 0.6) is 11.5 Å². The predicted molar refractivity (Wildman–Crippen MR) is 87.8 cm³/mol. The summed E-state index contributed by atoms with van der Waals surface area (Å²) < 4.78 is 5.94. The number of phenolic OH excluding ortho intramolecular Hbond substituents is 1. The van der Waals surface area contributed by atoms with Crippen LogP contribution in [-0.2, 0) is 6.54 Å². The summed E-state index contributed by atoms with van der Waals surface area (Å²) in [5.74, 6) is 0.730. The van der Waals surface area contributed by atoms with Gasteiger partial charge in [0.15, 0.2) is 11.5 Å². The van der Waals surface area contributed by atoms with E-state index in [1.54, 1.807) is 7.11 Å². The summed E-state index contributed by atoms with van der Waals surface area (Å²) in [5, 5.41) is 9.88. The molecule has 1 saturated heterocycles. The number of nitrogens with zero attached hydrogens (tertiary/aromatic N) is 1. The van der Waals surface area contributed by atoms with Crippen molar-refractivity contribution in [3.05, 3.63) is 22.2 Å². The molecule has 116 valence electrons. The van der Waals surface area contributed by atoms with Crippen LogP contribution in [0.25, 0.3) is 0 Å². The van der Waals surface area contributed by atoms with E-state index in [1.165, 1.54) is 57.2 Å². The zero-order valence-corrected chi connectivity index (χ0v) is 14.3. The molecule has 1 saturated carbocycles. The smallest absolute Gasteiger partial charge is 0.172 e. The fourth-order valence-corrected chi connectivity index (χ4v) is 4.43. The Morgan fingerprint density at radius 1 is 1.19 bits per heavy atom. The van der Waals surface area contributed by atoms with E-state index in [4.69, 9.17) is 4.74 Å². The van der Waals surface area contributed by atoms with Crippen LogP contribution in [0.15, 0.2) is 16.6 Å². The molecule has 3 rings (SSSR count). The Balaban J connectivity index is 1.64. The molecular formula is C17H24BrNO2. The standard InChI is InChI=1S/C17H24BrNO2/c1-21-15-11-13(10-14(18)16(15)20)12-19-8-6-17(7-9-19)4-2-3-5-17/h10-11,20H,2-9,12H2,1H3. The zero-order chi connectivity index (χ0) is 14.9. The first-order chi connectivity index (χ1) is 10.1. The van der Waals surface area contributed by atoms with E-state index in [0.29, 0.717) is 15.6 Å². The van der Waals surface area contributed by atoms with Crippen molar-refractivity contribution in [2.24, 2.45) is 5.41 Å². The van der Waals surface area contributed by atoms with Crippen LogP contribution >= 0.6 is 15.9 Å². The van der Waals surface area contributed by atoms with E-state index in [0.717, 1.165) is 6.54 Å². The summed E-state index contributed by atoms with van der Waals surface area (Å²) in [6, 6.07) is 3.94. The molecule has 1 N–H and O–H groups in total. The number of halogens is 1. The van der Waals surface area contributed by atoms with Gasteiger partial charge in [-0.15, -0.1) is 0 Å². The van der Waals surface area contributed by atoms with E-state index < -0.39 is 0 Å². The molecule has 4 heteroatoms. The van der Waals surface area contributed by atoms with Gasteiger partial charge < -0.3 is 9.84 Å². The normalized spacial score (nSPS) is 21.8. The molecule has 0 bridgehead atoms. The average Bonchev–Trinajstić information content (AvgIpc) is 2.94. The van der Waals surface area contributed by atoms with Gasteiger partial charge in [0.1, 0.15) is 0 Å². The van der Waals surface area contributed by atoms with Gasteiger partial charge >= 0.3 is 0 Å². The van der Waals surface area contributed by atoms with Gasteiger partial charge in [0.05, 0.1) is 11.6 Å². The number of rotatable bonds is 3. The van der Waals surface area contributed by atoms with Crippen LogP contribution < -0.4 is 4.74 Å². The number of aromatic hydroxyl groups is 1. The Morgan fingerprint density at radius 2 is 1.86 bits per heavy atom. The van der Waals surface area contributed by atoms with Gasteiger partial charge in [-0.2, -0.15) is 0 Å². The topological polar surface area (TPSA) is 32.7 Å². The minimum Gasteiger partial charge on any atom is -0.503 e. The van der Waals surface area contributed by atoms with Crippen LogP contribution in [-0.4, -0.2) is 30.2 Å². The lowest BCUT2D eigenvalue weighted by molar-refractivity contribution is 0.103. The second kappa shape index (κ2) is 6.17. The number of hydrogen-bond acceptors (Lipinski definition) is 3. The fraction of sp³-hybridized carbons (Fsp3) is 0.647. The lowest BCUT2D eigenvalue weighted by Gasteiger charge is -2.39. The lowest BCUT2D eigenvalue weighted by atomic mass is 9.77. The molecule has 0 unspecified atom stereocenters. The predicted octanol–water partition coefficient (Wildman–Crippen LogP) is 4.32. The highest BCUT2D eigenvalue weighted by molar-refractivity contribution is 9.10. The summed E-state index contributed by atoms with van der Waals surface area (Å²) >= 11 is 3.40. The second-order valence-electron chi connectivity index (χ2n) is 6.61. The largest absolute Gasteiger partial charge is 0.503 e. The Kier molecular flexibility index (Phi) is 4.46. The van der Waals surface area contributed by atoms with Crippen molar-refractivity contribution in [1.82, 2.24) is 4.90 Å². The summed E-state index contributed by atoms with van der Waals surface area (Å²) in [4.78, 5) is 2.53. The quantitative estimate of drug-likeness (QED) is 0.878. The number of phenols is 1. The maximum absolute atomic E-state index is 9.88. The van der Waals surface area contributed by atoms with E-state index >= 15 is 0 Å². The van der Waals surface area contributed by atoms with Crippen molar-refractivity contribution in [2.45, 2.75) is 45.1 Å². The third kappa shape index (κ3) is 3.21. The molecule has 21 heavy (non-hydrogen) atoms. The SMILES string of the molecule is COc1cc(CN2CCC3(CCCC3)CC2)cc(Br)c1O. The van der Waals surface area contributed by atoms with Gasteiger partial charge in [0, 0.05) is 6.54 Å². The molecule has 2 aliphatic rings. The monoisotopic (exact) mass is 353 g/mol. The number of likely N-dealkylation sites (tertiary alicyclic amines) is 1. The Bertz CT molecular complexity index is 502. The molecule has 0 amide bonds. The third-order valence-corrected chi connectivity index (χ3v) is 5.90. The molecule has 1 aromatic rings. The molecule has 2 fully saturated rings. The van der Waals surface area contributed by atoms with E-state index in [1.807, 2.05) is 12.1 Å². The van der Waals surface area contributed by atoms with E-state index in [2.05, 4.69) is 20.8 Å². The summed E-state index contributed by atoms with van der Waals surface area (Å²) in [5.41, 5.74) is 1.86. The van der Waals surface area contributed by atoms with Crippen molar-refractivity contribution in [3.8, 4) is 11.5 Å². The highest BCUT2D eigenvalue weighted by atomic mass is 79.9. The van der Waals surface area contributed by atoms with Crippen LogP contribution in [0.3, 0.4) is 0 Å². The summed E-state index contributed by atoms with van der Waals surface area (Å²) in [6.07, 6.45) is 8.45. The minimum absolute atomic E-state index is 0.185. The van der Waals surface area contributed by atoms with Gasteiger partial charge in [-0.05, 0) is 77.8 Å². The van der Waals surface area contributed by atoms with Crippen molar-refractivity contribution in [1.29, 1.82) is 0 Å². The minimum atomic E-state index is 0.185. The van der Waals surface area contributed by atoms with Crippen molar-refractivity contribution in [3.63, 3.8) is 0 Å². The van der Waals surface area contributed by atoms with Crippen LogP contribution in [0, 0.1) is 5.41 Å². The van der Waals surface area contributed by atoms with Gasteiger partial charge in [0.2, 0.25) is 0 Å². The van der Waals surface area contributed by atoms with E-state index in [-0.39, 0.29) is 5.75 Å². The maximum atomic E-state index is 9.88. The van der Waals surface area contributed by atoms with Crippen molar-refractivity contribution >= 4 is 15.9 Å². The molecule has 0 aromatic heterocycles. The Labute approximate surface area is 135 Å². The molecule has 1 aliphatic carbocycles. The molecule has 1 spiro atoms. The van der Waals surface area contributed by atoms with Crippen molar-refractivity contribution < 1.29 is 9.84 Å². The lowest BCUT2D eigenvalue weighted by Crippen LogP contribution is -2.38. The van der Waals surface area contributed by atoms with Gasteiger partial charge in [-0.3, -0.25) is 4.90 Å². The van der Waals surface area contributed by atoms with Gasteiger partial charge in [-0.25, -0.2) is 0 Å². The first kappa shape index (κ1) is 15.2. The number of hydrogen-bond donors (Lipinski definition) is 1. The first-order valence-electron chi connectivity index (χ1n) is 7.90. The highest BCUT2D eigenvalue weighted by Gasteiger charge is 2.36. The number of ether oxygens (including phenoxy) is 1. The van der Waals surface area contributed by atoms with E-state index in [9.17, 15) is 5.11 Å². The molecule has 3 nitrogen and oxygen atoms in total. The van der Waals surface area contributed by atoms with Crippen LogP contribution in [0.2, 0.25) is 0 Å². The van der Waals surface area contributed by atoms with Crippen LogP contribution in [0.1, 0.15) is 44.1 Å². The summed E-state index contributed by atoms with van der Waals surface area (Å²) in [7, 11) is 1.59.